The number of methoxy groups -OCH3 is 1. The molecule has 3 nitrogen and oxygen atoms in total. The summed E-state index contributed by atoms with van der Waals surface area (Å²) in [5, 5.41) is 0. The summed E-state index contributed by atoms with van der Waals surface area (Å²) >= 11 is 0. The van der Waals surface area contributed by atoms with Gasteiger partial charge in [-0.2, -0.15) is 0 Å². The SMILES string of the molecule is COC1CCN2CCC(C)(C)OC2C1. The van der Waals surface area contributed by atoms with Crippen LogP contribution in [-0.4, -0.2) is 43.0 Å². The van der Waals surface area contributed by atoms with Gasteiger partial charge < -0.3 is 9.47 Å². The molecule has 0 aromatic carbocycles. The third-order valence-electron chi connectivity index (χ3n) is 3.40. The van der Waals surface area contributed by atoms with Gasteiger partial charge in [0, 0.05) is 26.6 Å². The molecule has 2 rings (SSSR count). The van der Waals surface area contributed by atoms with Crippen molar-refractivity contribution >= 4 is 0 Å². The standard InChI is InChI=1S/C11H21NO2/c1-11(2)5-7-12-6-4-9(13-3)8-10(12)14-11/h9-10H,4-8H2,1-3H3. The molecule has 0 aliphatic carbocycles. The highest BCUT2D eigenvalue weighted by molar-refractivity contribution is 4.85. The molecule has 2 fully saturated rings. The molecular formula is C11H21NO2. The van der Waals surface area contributed by atoms with Gasteiger partial charge in [0.05, 0.1) is 11.7 Å². The summed E-state index contributed by atoms with van der Waals surface area (Å²) in [6.45, 7) is 6.66. The summed E-state index contributed by atoms with van der Waals surface area (Å²) in [7, 11) is 1.80. The maximum absolute atomic E-state index is 6.06. The zero-order valence-corrected chi connectivity index (χ0v) is 9.45. The second kappa shape index (κ2) is 3.80. The molecule has 0 bridgehead atoms. The minimum absolute atomic E-state index is 0.0524. The summed E-state index contributed by atoms with van der Waals surface area (Å²) in [6.07, 6.45) is 4.00. The third kappa shape index (κ3) is 2.10. The molecule has 2 aliphatic heterocycles. The number of fused-ring (bicyclic) bond motifs is 1. The Kier molecular flexibility index (Phi) is 2.82. The minimum Gasteiger partial charge on any atom is -0.381 e. The van der Waals surface area contributed by atoms with Gasteiger partial charge in [-0.1, -0.05) is 0 Å². The van der Waals surface area contributed by atoms with E-state index < -0.39 is 0 Å². The zero-order chi connectivity index (χ0) is 10.2. The Balaban J connectivity index is 1.97. The van der Waals surface area contributed by atoms with E-state index in [4.69, 9.17) is 9.47 Å². The van der Waals surface area contributed by atoms with E-state index in [0.29, 0.717) is 6.10 Å². The molecule has 0 aromatic heterocycles. The van der Waals surface area contributed by atoms with Gasteiger partial charge in [0.2, 0.25) is 0 Å². The van der Waals surface area contributed by atoms with Crippen LogP contribution < -0.4 is 0 Å². The van der Waals surface area contributed by atoms with Gasteiger partial charge in [0.1, 0.15) is 6.23 Å². The van der Waals surface area contributed by atoms with Crippen molar-refractivity contribution in [3.05, 3.63) is 0 Å². The van der Waals surface area contributed by atoms with Crippen molar-refractivity contribution in [2.24, 2.45) is 0 Å². The molecule has 2 aliphatic rings. The maximum Gasteiger partial charge on any atom is 0.113 e. The van der Waals surface area contributed by atoms with Gasteiger partial charge in [0.25, 0.3) is 0 Å². The Bertz CT molecular complexity index is 205. The first kappa shape index (κ1) is 10.4. The average Bonchev–Trinajstić information content (AvgIpc) is 2.15. The van der Waals surface area contributed by atoms with Crippen LogP contribution in [0.25, 0.3) is 0 Å². The predicted octanol–water partition coefficient (Wildman–Crippen LogP) is 1.62. The lowest BCUT2D eigenvalue weighted by atomic mass is 9.97. The van der Waals surface area contributed by atoms with Crippen molar-refractivity contribution in [1.29, 1.82) is 0 Å². The first-order chi connectivity index (χ1) is 6.61. The average molecular weight is 199 g/mol. The van der Waals surface area contributed by atoms with E-state index in [1.165, 1.54) is 6.54 Å². The third-order valence-corrected chi connectivity index (χ3v) is 3.40. The van der Waals surface area contributed by atoms with Crippen LogP contribution in [0.15, 0.2) is 0 Å². The van der Waals surface area contributed by atoms with Crippen LogP contribution in [0.2, 0.25) is 0 Å². The van der Waals surface area contributed by atoms with Gasteiger partial charge in [-0.3, -0.25) is 4.90 Å². The van der Waals surface area contributed by atoms with Crippen LogP contribution in [0.4, 0.5) is 0 Å². The zero-order valence-electron chi connectivity index (χ0n) is 9.45. The molecule has 0 aromatic rings. The molecule has 2 atom stereocenters. The molecule has 0 saturated carbocycles. The Labute approximate surface area is 86.4 Å². The molecule has 0 amide bonds. The highest BCUT2D eigenvalue weighted by Gasteiger charge is 2.37. The van der Waals surface area contributed by atoms with Gasteiger partial charge in [-0.25, -0.2) is 0 Å². The Hall–Kier alpha value is -0.120. The summed E-state index contributed by atoms with van der Waals surface area (Å²) in [4.78, 5) is 2.45. The van der Waals surface area contributed by atoms with E-state index in [1.807, 2.05) is 0 Å². The monoisotopic (exact) mass is 199 g/mol. The van der Waals surface area contributed by atoms with Crippen molar-refractivity contribution in [2.75, 3.05) is 20.2 Å². The molecule has 0 N–H and O–H groups in total. The molecule has 0 spiro atoms. The largest absolute Gasteiger partial charge is 0.381 e. The van der Waals surface area contributed by atoms with Gasteiger partial charge >= 0.3 is 0 Å². The van der Waals surface area contributed by atoms with Crippen molar-refractivity contribution in [1.82, 2.24) is 4.90 Å². The van der Waals surface area contributed by atoms with Gasteiger partial charge in [0.15, 0.2) is 0 Å². The molecule has 2 saturated heterocycles. The minimum atomic E-state index is 0.0524. The molecule has 0 radical (unpaired) electrons. The van der Waals surface area contributed by atoms with E-state index in [9.17, 15) is 0 Å². The first-order valence-corrected chi connectivity index (χ1v) is 5.55. The number of ether oxygens (including phenoxy) is 2. The Morgan fingerprint density at radius 2 is 2.14 bits per heavy atom. The van der Waals surface area contributed by atoms with Crippen molar-refractivity contribution in [3.63, 3.8) is 0 Å². The molecule has 2 unspecified atom stereocenters. The lowest BCUT2D eigenvalue weighted by molar-refractivity contribution is -0.207. The Morgan fingerprint density at radius 3 is 2.86 bits per heavy atom. The summed E-state index contributed by atoms with van der Waals surface area (Å²) in [5.74, 6) is 0. The number of hydrogen-bond acceptors (Lipinski definition) is 3. The quantitative estimate of drug-likeness (QED) is 0.640. The van der Waals surface area contributed by atoms with Crippen LogP contribution in [0.5, 0.6) is 0 Å². The van der Waals surface area contributed by atoms with Crippen molar-refractivity contribution < 1.29 is 9.47 Å². The van der Waals surface area contributed by atoms with E-state index in [1.54, 1.807) is 7.11 Å². The highest BCUT2D eigenvalue weighted by Crippen LogP contribution is 2.31. The number of rotatable bonds is 1. The van der Waals surface area contributed by atoms with E-state index in [-0.39, 0.29) is 11.8 Å². The highest BCUT2D eigenvalue weighted by atomic mass is 16.5. The number of piperidine rings is 1. The van der Waals surface area contributed by atoms with Crippen LogP contribution >= 0.6 is 0 Å². The van der Waals surface area contributed by atoms with E-state index in [2.05, 4.69) is 18.7 Å². The lowest BCUT2D eigenvalue weighted by Gasteiger charge is -2.47. The number of hydrogen-bond donors (Lipinski definition) is 0. The molecule has 14 heavy (non-hydrogen) atoms. The summed E-state index contributed by atoms with van der Waals surface area (Å²) in [5.41, 5.74) is 0.0524. The van der Waals surface area contributed by atoms with Gasteiger partial charge in [-0.15, -0.1) is 0 Å². The summed E-state index contributed by atoms with van der Waals surface area (Å²) < 4.78 is 11.5. The second-order valence-electron chi connectivity index (χ2n) is 5.00. The van der Waals surface area contributed by atoms with Crippen LogP contribution in [-0.2, 0) is 9.47 Å². The van der Waals surface area contributed by atoms with Gasteiger partial charge in [-0.05, 0) is 26.7 Å². The van der Waals surface area contributed by atoms with Crippen LogP contribution in [0.1, 0.15) is 33.1 Å². The van der Waals surface area contributed by atoms with E-state index in [0.717, 1.165) is 25.8 Å². The second-order valence-corrected chi connectivity index (χ2v) is 5.00. The topological polar surface area (TPSA) is 21.7 Å². The summed E-state index contributed by atoms with van der Waals surface area (Å²) in [6, 6.07) is 0. The number of nitrogens with zero attached hydrogens (tertiary/aromatic N) is 1. The molecule has 3 heteroatoms. The normalized spacial score (nSPS) is 37.9. The van der Waals surface area contributed by atoms with Crippen molar-refractivity contribution in [3.8, 4) is 0 Å². The fourth-order valence-corrected chi connectivity index (χ4v) is 2.38. The smallest absolute Gasteiger partial charge is 0.113 e. The molecule has 82 valence electrons. The lowest BCUT2D eigenvalue weighted by Crippen LogP contribution is -2.54. The molecule has 2 heterocycles. The predicted molar refractivity (Wildman–Crippen MR) is 55.2 cm³/mol. The van der Waals surface area contributed by atoms with Crippen LogP contribution in [0, 0.1) is 0 Å². The fraction of sp³-hybridized carbons (Fsp3) is 1.00. The van der Waals surface area contributed by atoms with Crippen LogP contribution in [0.3, 0.4) is 0 Å². The maximum atomic E-state index is 6.06. The Morgan fingerprint density at radius 1 is 1.36 bits per heavy atom. The molecular weight excluding hydrogens is 178 g/mol. The first-order valence-electron chi connectivity index (χ1n) is 5.55. The van der Waals surface area contributed by atoms with Crippen molar-refractivity contribution in [2.45, 2.75) is 51.0 Å². The fourth-order valence-electron chi connectivity index (χ4n) is 2.38. The van der Waals surface area contributed by atoms with E-state index >= 15 is 0 Å².